The first-order valence-corrected chi connectivity index (χ1v) is 10.2. The summed E-state index contributed by atoms with van der Waals surface area (Å²) in [4.78, 5) is 25.9. The van der Waals surface area contributed by atoms with Gasteiger partial charge in [-0.25, -0.2) is 0 Å². The molecule has 5 heteroatoms. The van der Waals surface area contributed by atoms with E-state index in [1.807, 2.05) is 25.1 Å². The summed E-state index contributed by atoms with van der Waals surface area (Å²) in [6, 6.07) is 11.7. The van der Waals surface area contributed by atoms with E-state index in [0.29, 0.717) is 23.1 Å². The van der Waals surface area contributed by atoms with E-state index in [-0.39, 0.29) is 17.1 Å². The number of hydrogen-bond acceptors (Lipinski definition) is 3. The molecule has 0 aliphatic carbocycles. The third-order valence-corrected chi connectivity index (χ3v) is 5.96. The molecular formula is C22H26N2O2S. The third-order valence-electron chi connectivity index (χ3n) is 4.78. The van der Waals surface area contributed by atoms with E-state index >= 15 is 0 Å². The summed E-state index contributed by atoms with van der Waals surface area (Å²) in [6.07, 6.45) is 0. The second-order valence-corrected chi connectivity index (χ2v) is 8.92. The van der Waals surface area contributed by atoms with Crippen LogP contribution >= 0.6 is 11.8 Å². The van der Waals surface area contributed by atoms with Gasteiger partial charge in [-0.15, -0.1) is 11.8 Å². The lowest BCUT2D eigenvalue weighted by Gasteiger charge is -2.22. The van der Waals surface area contributed by atoms with E-state index in [9.17, 15) is 9.59 Å². The molecule has 4 nitrogen and oxygen atoms in total. The minimum absolute atomic E-state index is 0.0303. The normalized spacial score (nSPS) is 16.3. The largest absolute Gasteiger partial charge is 0.324 e. The lowest BCUT2D eigenvalue weighted by molar-refractivity contribution is -0.115. The number of carbonyl (C=O) groups excluding carboxylic acids is 2. The molecule has 1 aliphatic heterocycles. The molecule has 0 bridgehead atoms. The maximum atomic E-state index is 13.0. The summed E-state index contributed by atoms with van der Waals surface area (Å²) >= 11 is 1.51. The number of anilines is 2. The molecule has 1 unspecified atom stereocenters. The van der Waals surface area contributed by atoms with Crippen molar-refractivity contribution in [2.24, 2.45) is 0 Å². The zero-order valence-electron chi connectivity index (χ0n) is 16.4. The highest BCUT2D eigenvalue weighted by atomic mass is 32.2. The maximum Gasteiger partial charge on any atom is 0.255 e. The number of rotatable bonds is 4. The lowest BCUT2D eigenvalue weighted by atomic mass is 9.92. The van der Waals surface area contributed by atoms with Gasteiger partial charge >= 0.3 is 0 Å². The van der Waals surface area contributed by atoms with Crippen LogP contribution in [0.2, 0.25) is 0 Å². The quantitative estimate of drug-likeness (QED) is 0.722. The molecule has 1 atom stereocenters. The van der Waals surface area contributed by atoms with Gasteiger partial charge in [0.05, 0.1) is 10.9 Å². The number of nitrogens with one attached hydrogen (secondary N) is 2. The van der Waals surface area contributed by atoms with Crippen LogP contribution in [-0.4, -0.2) is 17.1 Å². The number of benzene rings is 2. The predicted octanol–water partition coefficient (Wildman–Crippen LogP) is 5.62. The van der Waals surface area contributed by atoms with Crippen molar-refractivity contribution in [3.63, 3.8) is 0 Å². The first-order chi connectivity index (χ1) is 12.8. The Kier molecular flexibility index (Phi) is 5.61. The van der Waals surface area contributed by atoms with Crippen molar-refractivity contribution >= 4 is 35.0 Å². The summed E-state index contributed by atoms with van der Waals surface area (Å²) in [5, 5.41) is 5.89. The van der Waals surface area contributed by atoms with E-state index in [0.717, 1.165) is 21.7 Å². The predicted molar refractivity (Wildman–Crippen MR) is 113 cm³/mol. The van der Waals surface area contributed by atoms with Crippen LogP contribution in [0, 0.1) is 0 Å². The SMILES string of the molecule is CC1Sc2ccc(C(=O)Nc3c(C(C)C)cccc3C(C)C)cc2NC1=O. The number of amides is 2. The van der Waals surface area contributed by atoms with Gasteiger partial charge in [0.15, 0.2) is 0 Å². The second-order valence-electron chi connectivity index (χ2n) is 7.54. The van der Waals surface area contributed by atoms with Gasteiger partial charge in [-0.3, -0.25) is 9.59 Å². The van der Waals surface area contributed by atoms with Gasteiger partial charge < -0.3 is 10.6 Å². The number of hydrogen-bond donors (Lipinski definition) is 2. The van der Waals surface area contributed by atoms with Crippen molar-refractivity contribution in [3.8, 4) is 0 Å². The van der Waals surface area contributed by atoms with Crippen molar-refractivity contribution in [3.05, 3.63) is 53.1 Å². The zero-order valence-corrected chi connectivity index (χ0v) is 17.2. The van der Waals surface area contributed by atoms with Crippen LogP contribution in [-0.2, 0) is 4.79 Å². The summed E-state index contributed by atoms with van der Waals surface area (Å²) in [7, 11) is 0. The molecule has 0 fully saturated rings. The summed E-state index contributed by atoms with van der Waals surface area (Å²) in [5.74, 6) is 0.419. The molecule has 2 aromatic rings. The molecule has 0 spiro atoms. The first kappa shape index (κ1) is 19.5. The van der Waals surface area contributed by atoms with Crippen molar-refractivity contribution in [2.45, 2.75) is 56.6 Å². The molecule has 27 heavy (non-hydrogen) atoms. The van der Waals surface area contributed by atoms with E-state index in [1.54, 1.807) is 6.07 Å². The van der Waals surface area contributed by atoms with E-state index in [1.165, 1.54) is 11.8 Å². The van der Waals surface area contributed by atoms with Gasteiger partial charge in [-0.2, -0.15) is 0 Å². The maximum absolute atomic E-state index is 13.0. The smallest absolute Gasteiger partial charge is 0.255 e. The molecule has 0 saturated carbocycles. The molecule has 0 aromatic heterocycles. The van der Waals surface area contributed by atoms with E-state index in [4.69, 9.17) is 0 Å². The monoisotopic (exact) mass is 382 g/mol. The Morgan fingerprint density at radius 1 is 1.07 bits per heavy atom. The fraction of sp³-hybridized carbons (Fsp3) is 0.364. The fourth-order valence-electron chi connectivity index (χ4n) is 3.23. The fourth-order valence-corrected chi connectivity index (χ4v) is 4.16. The van der Waals surface area contributed by atoms with Crippen LogP contribution < -0.4 is 10.6 Å². The molecule has 1 heterocycles. The highest BCUT2D eigenvalue weighted by molar-refractivity contribution is 8.00. The number of thioether (sulfide) groups is 1. The Hall–Kier alpha value is -2.27. The van der Waals surface area contributed by atoms with Crippen LogP contribution in [0.1, 0.15) is 67.9 Å². The molecule has 0 radical (unpaired) electrons. The van der Waals surface area contributed by atoms with E-state index in [2.05, 4.69) is 50.5 Å². The van der Waals surface area contributed by atoms with E-state index < -0.39 is 0 Å². The number of carbonyl (C=O) groups is 2. The van der Waals surface area contributed by atoms with Crippen molar-refractivity contribution in [2.75, 3.05) is 10.6 Å². The average Bonchev–Trinajstić information content (AvgIpc) is 2.62. The molecule has 3 rings (SSSR count). The van der Waals surface area contributed by atoms with Gasteiger partial charge in [-0.1, -0.05) is 45.9 Å². The highest BCUT2D eigenvalue weighted by Gasteiger charge is 2.24. The standard InChI is InChI=1S/C22H26N2O2S/c1-12(2)16-7-6-8-17(13(3)4)20(16)24-22(26)15-9-10-19-18(11-15)23-21(25)14(5)27-19/h6-14H,1-5H3,(H,23,25)(H,24,26). The minimum Gasteiger partial charge on any atom is -0.324 e. The van der Waals surface area contributed by atoms with Crippen molar-refractivity contribution < 1.29 is 9.59 Å². The van der Waals surface area contributed by atoms with Gasteiger partial charge in [-0.05, 0) is 48.1 Å². The number of para-hydroxylation sites is 1. The number of fused-ring (bicyclic) bond motifs is 1. The highest BCUT2D eigenvalue weighted by Crippen LogP contribution is 2.37. The van der Waals surface area contributed by atoms with Gasteiger partial charge in [0.1, 0.15) is 0 Å². The molecule has 2 amide bonds. The molecule has 1 aliphatic rings. The van der Waals surface area contributed by atoms with Crippen LogP contribution in [0.25, 0.3) is 0 Å². The summed E-state index contributed by atoms with van der Waals surface area (Å²) < 4.78 is 0. The van der Waals surface area contributed by atoms with Crippen LogP contribution in [0.15, 0.2) is 41.3 Å². The van der Waals surface area contributed by atoms with Gasteiger partial charge in [0.25, 0.3) is 5.91 Å². The second kappa shape index (κ2) is 7.77. The van der Waals surface area contributed by atoms with Gasteiger partial charge in [0, 0.05) is 16.1 Å². The van der Waals surface area contributed by atoms with Gasteiger partial charge in [0.2, 0.25) is 5.91 Å². The summed E-state index contributed by atoms with van der Waals surface area (Å²) in [6.45, 7) is 10.4. The Bertz CT molecular complexity index is 864. The Labute approximate surface area is 165 Å². The van der Waals surface area contributed by atoms with Crippen LogP contribution in [0.3, 0.4) is 0 Å². The molecular weight excluding hydrogens is 356 g/mol. The summed E-state index contributed by atoms with van der Waals surface area (Å²) in [5.41, 5.74) is 4.40. The topological polar surface area (TPSA) is 58.2 Å². The van der Waals surface area contributed by atoms with Crippen LogP contribution in [0.5, 0.6) is 0 Å². The van der Waals surface area contributed by atoms with Crippen LogP contribution in [0.4, 0.5) is 11.4 Å². The molecule has 0 saturated heterocycles. The minimum atomic E-state index is -0.161. The third kappa shape index (κ3) is 4.03. The van der Waals surface area contributed by atoms with Crippen molar-refractivity contribution in [1.82, 2.24) is 0 Å². The lowest BCUT2D eigenvalue weighted by Crippen LogP contribution is -2.26. The first-order valence-electron chi connectivity index (χ1n) is 9.33. The zero-order chi connectivity index (χ0) is 19.7. The Morgan fingerprint density at radius 2 is 1.70 bits per heavy atom. The molecule has 142 valence electrons. The Balaban J connectivity index is 1.93. The molecule has 2 aromatic carbocycles. The Morgan fingerprint density at radius 3 is 2.30 bits per heavy atom. The van der Waals surface area contributed by atoms with Crippen molar-refractivity contribution in [1.29, 1.82) is 0 Å². The molecule has 2 N–H and O–H groups in total. The average molecular weight is 383 g/mol.